The molecule has 0 spiro atoms. The Kier molecular flexibility index (Phi) is 6.91. The Morgan fingerprint density at radius 1 is 1.09 bits per heavy atom. The quantitative estimate of drug-likeness (QED) is 0.376. The van der Waals surface area contributed by atoms with Gasteiger partial charge in [0.05, 0.1) is 11.6 Å². The summed E-state index contributed by atoms with van der Waals surface area (Å²) in [4.78, 5) is 29.9. The van der Waals surface area contributed by atoms with Gasteiger partial charge in [0.15, 0.2) is 11.5 Å². The minimum absolute atomic E-state index is 0.0403. The first-order valence-corrected chi connectivity index (χ1v) is 11.5. The average Bonchev–Trinajstić information content (AvgIpc) is 3.09. The van der Waals surface area contributed by atoms with Crippen molar-refractivity contribution in [2.24, 2.45) is 0 Å². The molecule has 1 saturated heterocycles. The maximum Gasteiger partial charge on any atom is 0.295 e. The molecule has 1 amide bonds. The maximum absolute atomic E-state index is 13.2. The van der Waals surface area contributed by atoms with Gasteiger partial charge in [-0.1, -0.05) is 37.6 Å². The van der Waals surface area contributed by atoms with Gasteiger partial charge >= 0.3 is 0 Å². The van der Waals surface area contributed by atoms with E-state index in [-0.39, 0.29) is 11.3 Å². The van der Waals surface area contributed by atoms with Crippen molar-refractivity contribution in [1.29, 1.82) is 0 Å². The number of aliphatic hydroxyl groups is 1. The first-order valence-electron chi connectivity index (χ1n) is 11.1. The average molecular weight is 471 g/mol. The second kappa shape index (κ2) is 9.85. The number of carbonyl (C=O) groups is 2. The molecule has 1 fully saturated rings. The summed E-state index contributed by atoms with van der Waals surface area (Å²) in [6.45, 7) is 7.57. The smallest absolute Gasteiger partial charge is 0.295 e. The van der Waals surface area contributed by atoms with Crippen LogP contribution in [0.25, 0.3) is 5.76 Å². The number of ether oxygens (including phenoxy) is 2. The van der Waals surface area contributed by atoms with Gasteiger partial charge in [0.25, 0.3) is 11.7 Å². The van der Waals surface area contributed by atoms with Crippen LogP contribution in [0.3, 0.4) is 0 Å². The zero-order valence-corrected chi connectivity index (χ0v) is 19.5. The third-order valence-corrected chi connectivity index (χ3v) is 6.31. The standard InChI is InChI=1S/C25H27ClN2O5/c1-3-27(4-2)10-11-28-22(16-6-5-7-18(26)14-16)21(24(30)25(28)31)23(29)17-8-9-19-20(15-17)33-13-12-32-19/h5-9,14-15,22,29H,3-4,10-13H2,1-2H3/b23-21+/t22-/m0/s1. The second-order valence-corrected chi connectivity index (χ2v) is 8.37. The van der Waals surface area contributed by atoms with Crippen molar-refractivity contribution >= 4 is 29.1 Å². The Morgan fingerprint density at radius 2 is 1.82 bits per heavy atom. The number of carbonyl (C=O) groups excluding carboxylic acids is 2. The lowest BCUT2D eigenvalue weighted by Crippen LogP contribution is -2.38. The number of amides is 1. The van der Waals surface area contributed by atoms with E-state index in [0.29, 0.717) is 54.0 Å². The van der Waals surface area contributed by atoms with Crippen LogP contribution in [0.2, 0.25) is 5.02 Å². The number of aliphatic hydroxyl groups excluding tert-OH is 1. The summed E-state index contributed by atoms with van der Waals surface area (Å²) in [6, 6.07) is 11.3. The van der Waals surface area contributed by atoms with Crippen molar-refractivity contribution in [3.63, 3.8) is 0 Å². The molecular formula is C25H27ClN2O5. The minimum atomic E-state index is -0.743. The number of fused-ring (bicyclic) bond motifs is 1. The predicted molar refractivity (Wildman–Crippen MR) is 126 cm³/mol. The number of likely N-dealkylation sites (tertiary alicyclic amines) is 1. The number of benzene rings is 2. The van der Waals surface area contributed by atoms with Crippen molar-refractivity contribution in [1.82, 2.24) is 9.80 Å². The van der Waals surface area contributed by atoms with Crippen molar-refractivity contribution in [3.05, 3.63) is 64.2 Å². The van der Waals surface area contributed by atoms with Gasteiger partial charge < -0.3 is 24.4 Å². The van der Waals surface area contributed by atoms with E-state index < -0.39 is 17.7 Å². The molecule has 2 aromatic rings. The van der Waals surface area contributed by atoms with Gasteiger partial charge in [0.2, 0.25) is 0 Å². The molecule has 2 heterocycles. The van der Waals surface area contributed by atoms with Crippen molar-refractivity contribution < 1.29 is 24.2 Å². The number of nitrogens with zero attached hydrogens (tertiary/aromatic N) is 2. The van der Waals surface area contributed by atoms with Gasteiger partial charge in [-0.25, -0.2) is 0 Å². The Morgan fingerprint density at radius 3 is 2.52 bits per heavy atom. The maximum atomic E-state index is 13.2. The van der Waals surface area contributed by atoms with E-state index in [1.165, 1.54) is 4.90 Å². The molecule has 2 aliphatic rings. The monoisotopic (exact) mass is 470 g/mol. The van der Waals surface area contributed by atoms with Gasteiger partial charge in [-0.05, 0) is 49.0 Å². The fraction of sp³-hybridized carbons (Fsp3) is 0.360. The van der Waals surface area contributed by atoms with Gasteiger partial charge in [0.1, 0.15) is 19.0 Å². The summed E-state index contributed by atoms with van der Waals surface area (Å²) >= 11 is 6.23. The Labute approximate surface area is 198 Å². The van der Waals surface area contributed by atoms with Crippen LogP contribution in [0, 0.1) is 0 Å². The number of hydrogen-bond acceptors (Lipinski definition) is 6. The van der Waals surface area contributed by atoms with Gasteiger partial charge in [0, 0.05) is 23.7 Å². The van der Waals surface area contributed by atoms with E-state index in [4.69, 9.17) is 21.1 Å². The van der Waals surface area contributed by atoms with Crippen LogP contribution in [0.5, 0.6) is 11.5 Å². The molecule has 0 aromatic heterocycles. The van der Waals surface area contributed by atoms with E-state index in [1.54, 1.807) is 36.4 Å². The summed E-state index contributed by atoms with van der Waals surface area (Å²) in [5, 5.41) is 11.7. The number of likely N-dealkylation sites (N-methyl/N-ethyl adjacent to an activating group) is 1. The van der Waals surface area contributed by atoms with Crippen LogP contribution in [0.4, 0.5) is 0 Å². The molecule has 4 rings (SSSR count). The molecular weight excluding hydrogens is 444 g/mol. The van der Waals surface area contributed by atoms with Crippen LogP contribution in [-0.4, -0.2) is 66.0 Å². The molecule has 8 heteroatoms. The zero-order chi connectivity index (χ0) is 23.5. The first-order chi connectivity index (χ1) is 15.9. The van der Waals surface area contributed by atoms with E-state index >= 15 is 0 Å². The zero-order valence-electron chi connectivity index (χ0n) is 18.7. The Hall–Kier alpha value is -3.03. The molecule has 1 N–H and O–H groups in total. The molecule has 0 saturated carbocycles. The second-order valence-electron chi connectivity index (χ2n) is 7.93. The summed E-state index contributed by atoms with van der Waals surface area (Å²) in [6.07, 6.45) is 0. The third kappa shape index (κ3) is 4.56. The summed E-state index contributed by atoms with van der Waals surface area (Å²) in [5.74, 6) is -0.539. The molecule has 0 unspecified atom stereocenters. The minimum Gasteiger partial charge on any atom is -0.507 e. The van der Waals surface area contributed by atoms with Crippen LogP contribution >= 0.6 is 11.6 Å². The lowest BCUT2D eigenvalue weighted by Gasteiger charge is -2.28. The van der Waals surface area contributed by atoms with Gasteiger partial charge in [-0.3, -0.25) is 9.59 Å². The van der Waals surface area contributed by atoms with Crippen molar-refractivity contribution in [2.75, 3.05) is 39.4 Å². The van der Waals surface area contributed by atoms with Gasteiger partial charge in [-0.15, -0.1) is 0 Å². The van der Waals surface area contributed by atoms with Crippen LogP contribution in [-0.2, 0) is 9.59 Å². The Bertz CT molecular complexity index is 1100. The summed E-state index contributed by atoms with van der Waals surface area (Å²) in [7, 11) is 0. The fourth-order valence-corrected chi connectivity index (χ4v) is 4.47. The highest BCUT2D eigenvalue weighted by atomic mass is 35.5. The van der Waals surface area contributed by atoms with E-state index in [9.17, 15) is 14.7 Å². The predicted octanol–water partition coefficient (Wildman–Crippen LogP) is 3.87. The first kappa shape index (κ1) is 23.1. The molecule has 174 valence electrons. The Balaban J connectivity index is 1.79. The molecule has 0 radical (unpaired) electrons. The molecule has 7 nitrogen and oxygen atoms in total. The van der Waals surface area contributed by atoms with E-state index in [2.05, 4.69) is 4.90 Å². The highest BCUT2D eigenvalue weighted by Crippen LogP contribution is 2.41. The normalized spacial score (nSPS) is 19.4. The third-order valence-electron chi connectivity index (χ3n) is 6.07. The number of hydrogen-bond donors (Lipinski definition) is 1. The van der Waals surface area contributed by atoms with Crippen molar-refractivity contribution in [2.45, 2.75) is 19.9 Å². The molecule has 1 atom stereocenters. The van der Waals surface area contributed by atoms with E-state index in [1.807, 2.05) is 19.9 Å². The SMILES string of the molecule is CCN(CC)CCN1C(=O)C(=O)/C(=C(/O)c2ccc3c(c2)OCCO3)[C@@H]1c1cccc(Cl)c1. The fourth-order valence-electron chi connectivity index (χ4n) is 4.27. The lowest BCUT2D eigenvalue weighted by atomic mass is 9.95. The summed E-state index contributed by atoms with van der Waals surface area (Å²) < 4.78 is 11.2. The van der Waals surface area contributed by atoms with Crippen LogP contribution < -0.4 is 9.47 Å². The lowest BCUT2D eigenvalue weighted by molar-refractivity contribution is -0.140. The number of ketones is 1. The van der Waals surface area contributed by atoms with E-state index in [0.717, 1.165) is 13.1 Å². The number of rotatable bonds is 7. The highest BCUT2D eigenvalue weighted by molar-refractivity contribution is 6.46. The van der Waals surface area contributed by atoms with Gasteiger partial charge in [-0.2, -0.15) is 0 Å². The molecule has 2 aliphatic heterocycles. The van der Waals surface area contributed by atoms with Crippen LogP contribution in [0.1, 0.15) is 31.0 Å². The van der Waals surface area contributed by atoms with Crippen molar-refractivity contribution in [3.8, 4) is 11.5 Å². The molecule has 0 bridgehead atoms. The largest absolute Gasteiger partial charge is 0.507 e. The molecule has 2 aromatic carbocycles. The highest BCUT2D eigenvalue weighted by Gasteiger charge is 2.46. The summed E-state index contributed by atoms with van der Waals surface area (Å²) in [5.41, 5.74) is 1.09. The molecule has 0 aliphatic carbocycles. The number of Topliss-reactive ketones (excluding diaryl/α,β-unsaturated/α-hetero) is 1. The van der Waals surface area contributed by atoms with Crippen LogP contribution in [0.15, 0.2) is 48.0 Å². The number of halogens is 1. The topological polar surface area (TPSA) is 79.3 Å². The molecule has 33 heavy (non-hydrogen) atoms.